The molecule has 3 aliphatic rings. The number of carbonyl (C=O) groups excluding carboxylic acids is 2. The van der Waals surface area contributed by atoms with Gasteiger partial charge in [-0.25, -0.2) is 0 Å². The lowest BCUT2D eigenvalue weighted by Crippen LogP contribution is -2.41. The Morgan fingerprint density at radius 3 is 2.66 bits per heavy atom. The minimum atomic E-state index is -0.547. The smallest absolute Gasteiger partial charge is 0.290 e. The van der Waals surface area contributed by atoms with Crippen molar-refractivity contribution in [2.24, 2.45) is 11.8 Å². The quantitative estimate of drug-likeness (QED) is 0.860. The first-order valence-electron chi connectivity index (χ1n) is 10.1. The predicted octanol–water partition coefficient (Wildman–Crippen LogP) is 3.73. The van der Waals surface area contributed by atoms with E-state index in [1.54, 1.807) is 41.5 Å². The monoisotopic (exact) mass is 393 g/mol. The summed E-state index contributed by atoms with van der Waals surface area (Å²) in [6.07, 6.45) is 3.93. The van der Waals surface area contributed by atoms with E-state index in [1.165, 1.54) is 0 Å². The predicted molar refractivity (Wildman–Crippen MR) is 104 cm³/mol. The number of phenols is 1. The summed E-state index contributed by atoms with van der Waals surface area (Å²) in [4.78, 5) is 28.5. The minimum absolute atomic E-state index is 0.0242. The highest BCUT2D eigenvalue weighted by Gasteiger charge is 2.52. The van der Waals surface area contributed by atoms with Crippen LogP contribution in [0.2, 0.25) is 0 Å². The maximum absolute atomic E-state index is 13.5. The SMILES string of the molecule is CC1CCC2OC3=C(C(=O)C2C1)C(c1ccc(O)cc1)N(Cc1ccco1)C3=O. The van der Waals surface area contributed by atoms with E-state index in [4.69, 9.17) is 9.15 Å². The van der Waals surface area contributed by atoms with Gasteiger partial charge < -0.3 is 19.2 Å². The number of fused-ring (bicyclic) bond motifs is 1. The third-order valence-corrected chi connectivity index (χ3v) is 6.32. The van der Waals surface area contributed by atoms with Crippen molar-refractivity contribution in [3.8, 4) is 5.75 Å². The van der Waals surface area contributed by atoms with Crippen LogP contribution in [-0.4, -0.2) is 27.8 Å². The molecule has 0 saturated heterocycles. The number of rotatable bonds is 3. The summed E-state index contributed by atoms with van der Waals surface area (Å²) >= 11 is 0. The number of ether oxygens (including phenoxy) is 1. The number of aromatic hydroxyl groups is 1. The zero-order chi connectivity index (χ0) is 20.1. The molecule has 2 aliphatic heterocycles. The Bertz CT molecular complexity index is 975. The summed E-state index contributed by atoms with van der Waals surface area (Å²) < 4.78 is 11.6. The summed E-state index contributed by atoms with van der Waals surface area (Å²) in [6, 6.07) is 9.68. The van der Waals surface area contributed by atoms with E-state index in [0.29, 0.717) is 17.3 Å². The van der Waals surface area contributed by atoms with Crippen molar-refractivity contribution in [1.29, 1.82) is 0 Å². The average Bonchev–Trinajstić information content (AvgIpc) is 3.32. The van der Waals surface area contributed by atoms with Crippen molar-refractivity contribution in [2.75, 3.05) is 0 Å². The molecule has 29 heavy (non-hydrogen) atoms. The molecule has 1 N–H and O–H groups in total. The summed E-state index contributed by atoms with van der Waals surface area (Å²) in [6.45, 7) is 2.40. The molecule has 2 aromatic rings. The lowest BCUT2D eigenvalue weighted by atomic mass is 9.74. The third-order valence-electron chi connectivity index (χ3n) is 6.32. The van der Waals surface area contributed by atoms with E-state index in [1.807, 2.05) is 6.07 Å². The zero-order valence-electron chi connectivity index (χ0n) is 16.2. The molecule has 1 aliphatic carbocycles. The standard InChI is InChI=1S/C23H23NO5/c1-13-4-9-18-17(11-13)21(26)19-20(14-5-7-15(25)8-6-14)24(23(27)22(19)29-18)12-16-3-2-10-28-16/h2-3,5-8,10,13,17-18,20,25H,4,9,11-12H2,1H3. The molecule has 3 heterocycles. The van der Waals surface area contributed by atoms with Crippen LogP contribution in [0.25, 0.3) is 0 Å². The summed E-state index contributed by atoms with van der Waals surface area (Å²) in [5.41, 5.74) is 1.22. The number of phenolic OH excluding ortho intramolecular Hbond substituents is 1. The molecule has 0 radical (unpaired) electrons. The molecule has 1 amide bonds. The zero-order valence-corrected chi connectivity index (χ0v) is 16.2. The summed E-state index contributed by atoms with van der Waals surface area (Å²) in [5, 5.41) is 9.69. The molecule has 150 valence electrons. The highest BCUT2D eigenvalue weighted by Crippen LogP contribution is 2.48. The van der Waals surface area contributed by atoms with Gasteiger partial charge in [-0.15, -0.1) is 0 Å². The summed E-state index contributed by atoms with van der Waals surface area (Å²) in [5.74, 6) is 0.979. The number of hydrogen-bond acceptors (Lipinski definition) is 5. The molecule has 4 unspecified atom stereocenters. The van der Waals surface area contributed by atoms with Crippen LogP contribution in [-0.2, 0) is 20.9 Å². The maximum Gasteiger partial charge on any atom is 0.290 e. The lowest BCUT2D eigenvalue weighted by Gasteiger charge is -2.37. The second-order valence-electron chi connectivity index (χ2n) is 8.29. The van der Waals surface area contributed by atoms with Crippen molar-refractivity contribution < 1.29 is 23.8 Å². The molecule has 6 nitrogen and oxygen atoms in total. The fourth-order valence-corrected chi connectivity index (χ4v) is 4.86. The highest BCUT2D eigenvalue weighted by molar-refractivity contribution is 6.11. The van der Waals surface area contributed by atoms with Gasteiger partial charge in [-0.1, -0.05) is 19.1 Å². The minimum Gasteiger partial charge on any atom is -0.508 e. The second kappa shape index (κ2) is 6.79. The average molecular weight is 393 g/mol. The Hall–Kier alpha value is -3.02. The van der Waals surface area contributed by atoms with Crippen LogP contribution in [0.3, 0.4) is 0 Å². The second-order valence-corrected chi connectivity index (χ2v) is 8.29. The van der Waals surface area contributed by atoms with Crippen LogP contribution in [0.4, 0.5) is 0 Å². The van der Waals surface area contributed by atoms with Crippen LogP contribution >= 0.6 is 0 Å². The molecule has 6 heteroatoms. The van der Waals surface area contributed by atoms with Crippen LogP contribution < -0.4 is 0 Å². The number of amides is 1. The van der Waals surface area contributed by atoms with Crippen molar-refractivity contribution in [2.45, 2.75) is 44.9 Å². The first-order valence-corrected chi connectivity index (χ1v) is 10.1. The fourth-order valence-electron chi connectivity index (χ4n) is 4.86. The van der Waals surface area contributed by atoms with Gasteiger partial charge in [0.2, 0.25) is 0 Å². The van der Waals surface area contributed by atoms with Gasteiger partial charge >= 0.3 is 0 Å². The Morgan fingerprint density at radius 1 is 1.14 bits per heavy atom. The first kappa shape index (κ1) is 18.0. The van der Waals surface area contributed by atoms with Gasteiger partial charge in [-0.05, 0) is 55.0 Å². The van der Waals surface area contributed by atoms with Gasteiger partial charge in [0.15, 0.2) is 11.5 Å². The van der Waals surface area contributed by atoms with E-state index >= 15 is 0 Å². The van der Waals surface area contributed by atoms with E-state index in [9.17, 15) is 14.7 Å². The number of benzene rings is 1. The molecule has 0 spiro atoms. The Labute approximate surface area is 168 Å². The molecule has 5 rings (SSSR count). The molecular weight excluding hydrogens is 370 g/mol. The van der Waals surface area contributed by atoms with Gasteiger partial charge in [0.25, 0.3) is 5.91 Å². The van der Waals surface area contributed by atoms with Gasteiger partial charge in [0.1, 0.15) is 17.6 Å². The Morgan fingerprint density at radius 2 is 1.93 bits per heavy atom. The molecule has 1 aromatic heterocycles. The van der Waals surface area contributed by atoms with E-state index in [2.05, 4.69) is 6.92 Å². The van der Waals surface area contributed by atoms with Gasteiger partial charge in [-0.2, -0.15) is 0 Å². The molecule has 1 aromatic carbocycles. The molecule has 4 atom stereocenters. The van der Waals surface area contributed by atoms with Crippen molar-refractivity contribution in [3.63, 3.8) is 0 Å². The number of nitrogens with zero attached hydrogens (tertiary/aromatic N) is 1. The van der Waals surface area contributed by atoms with Gasteiger partial charge in [0.05, 0.1) is 30.3 Å². The highest BCUT2D eigenvalue weighted by atomic mass is 16.5. The number of ketones is 1. The van der Waals surface area contributed by atoms with Gasteiger partial charge in [0, 0.05) is 0 Å². The van der Waals surface area contributed by atoms with Crippen LogP contribution in [0.5, 0.6) is 5.75 Å². The number of carbonyl (C=O) groups is 2. The van der Waals surface area contributed by atoms with Crippen LogP contribution in [0.1, 0.15) is 43.6 Å². The topological polar surface area (TPSA) is 80.0 Å². The Balaban J connectivity index is 1.58. The number of Topliss-reactive ketones (excluding diaryl/α,β-unsaturated/α-hetero) is 1. The van der Waals surface area contributed by atoms with Crippen molar-refractivity contribution >= 4 is 11.7 Å². The van der Waals surface area contributed by atoms with E-state index < -0.39 is 6.04 Å². The normalized spacial score (nSPS) is 28.9. The van der Waals surface area contributed by atoms with Crippen molar-refractivity contribution in [3.05, 3.63) is 65.3 Å². The van der Waals surface area contributed by atoms with Crippen molar-refractivity contribution in [1.82, 2.24) is 4.90 Å². The Kier molecular flexibility index (Phi) is 4.23. The fraction of sp³-hybridized carbons (Fsp3) is 0.391. The number of furan rings is 1. The van der Waals surface area contributed by atoms with Crippen LogP contribution in [0.15, 0.2) is 58.4 Å². The van der Waals surface area contributed by atoms with Crippen LogP contribution in [0, 0.1) is 11.8 Å². The molecule has 1 fully saturated rings. The first-order chi connectivity index (χ1) is 14.0. The third kappa shape index (κ3) is 2.94. The van der Waals surface area contributed by atoms with E-state index in [-0.39, 0.29) is 41.8 Å². The largest absolute Gasteiger partial charge is 0.508 e. The lowest BCUT2D eigenvalue weighted by molar-refractivity contribution is -0.136. The summed E-state index contributed by atoms with van der Waals surface area (Å²) in [7, 11) is 0. The molecule has 0 bridgehead atoms. The van der Waals surface area contributed by atoms with Gasteiger partial charge in [-0.3, -0.25) is 9.59 Å². The maximum atomic E-state index is 13.5. The molecular formula is C23H23NO5. The number of hydrogen-bond donors (Lipinski definition) is 1. The molecule has 1 saturated carbocycles. The van der Waals surface area contributed by atoms with E-state index in [0.717, 1.165) is 24.8 Å².